The van der Waals surface area contributed by atoms with Crippen molar-refractivity contribution in [3.05, 3.63) is 0 Å². The van der Waals surface area contributed by atoms with Crippen LogP contribution in [0.2, 0.25) is 0 Å². The number of carbonyl (C=O) groups is 13. The van der Waals surface area contributed by atoms with Crippen molar-refractivity contribution in [2.45, 2.75) is 196 Å². The molecule has 20 N–H and O–H groups in total. The number of rotatable bonds is 39. The second-order valence-corrected chi connectivity index (χ2v) is 24.0. The minimum atomic E-state index is -5.08. The summed E-state index contributed by atoms with van der Waals surface area (Å²) in [7, 11) is 0. The molecule has 12 atom stereocenters. The van der Waals surface area contributed by atoms with Crippen LogP contribution in [0.4, 0.5) is 13.2 Å². The van der Waals surface area contributed by atoms with Gasteiger partial charge in [-0.15, -0.1) is 0 Å². The predicted molar refractivity (Wildman–Crippen MR) is 331 cm³/mol. The number of amides is 11. The largest absolute Gasteiger partial charge is 0.490 e. The number of hydrogen-bond donors (Lipinski definition) is 18. The molecule has 0 radical (unpaired) electrons. The summed E-state index contributed by atoms with van der Waals surface area (Å²) >= 11 is 4.05. The van der Waals surface area contributed by atoms with E-state index in [0.29, 0.717) is 12.8 Å². The molecule has 0 bridgehead atoms. The van der Waals surface area contributed by atoms with Crippen LogP contribution >= 0.6 is 12.6 Å². The molecule has 0 aromatic rings. The van der Waals surface area contributed by atoms with E-state index in [-0.39, 0.29) is 43.4 Å². The first-order chi connectivity index (χ1) is 42.0. The van der Waals surface area contributed by atoms with Crippen molar-refractivity contribution in [1.29, 1.82) is 0 Å². The third-order valence-corrected chi connectivity index (χ3v) is 14.3. The van der Waals surface area contributed by atoms with Gasteiger partial charge in [-0.05, 0) is 60.7 Å². The Hall–Kier alpha value is -7.56. The third kappa shape index (κ3) is 32.8. The van der Waals surface area contributed by atoms with Gasteiger partial charge in [0.1, 0.15) is 60.9 Å². The first-order valence-electron chi connectivity index (χ1n) is 29.8. The molecular weight excluding hydrogens is 1230 g/mol. The summed E-state index contributed by atoms with van der Waals surface area (Å²) in [5, 5.41) is 54.1. The zero-order valence-corrected chi connectivity index (χ0v) is 55.2. The molecule has 0 heterocycles. The molecule has 91 heavy (non-hydrogen) atoms. The number of halogens is 3. The lowest BCUT2D eigenvalue weighted by Gasteiger charge is -2.31. The molecule has 0 rings (SSSR count). The second kappa shape index (κ2) is 42.5. The topological polar surface area (TPSA) is 505 Å². The summed E-state index contributed by atoms with van der Waals surface area (Å²) in [5.41, 5.74) is 16.8. The number of carbonyl (C=O) groups excluding carboxylic acids is 11. The monoisotopic (exact) mass is 1330 g/mol. The summed E-state index contributed by atoms with van der Waals surface area (Å²) < 4.78 is 31.7. The van der Waals surface area contributed by atoms with Crippen molar-refractivity contribution >= 4 is 95.5 Å². The van der Waals surface area contributed by atoms with E-state index in [2.05, 4.69) is 76.1 Å². The van der Waals surface area contributed by atoms with Crippen LogP contribution in [0.25, 0.3) is 0 Å². The lowest BCUT2D eigenvalue weighted by Crippen LogP contribution is -2.62. The van der Waals surface area contributed by atoms with Crippen LogP contribution in [-0.2, 0) is 62.3 Å². The fourth-order valence-corrected chi connectivity index (χ4v) is 8.29. The van der Waals surface area contributed by atoms with Crippen molar-refractivity contribution in [2.24, 2.45) is 63.6 Å². The molecule has 0 aromatic carbocycles. The number of aliphatic imine (C=N–C) groups is 1. The SMILES string of the molecule is CC[C@H](C)[C@H](NC(=O)[C@H](CCCN=C(N)N)NC(=O)CNC(=O)[C@@H](NC(=O)[C@@H](NC(=O)[C@@H](NC(=O)[C@@H](NC(=O)[C@@H](N)CS)C(C)C)C(C)C)[C@@H](C)CC)C(C)C)C(=O)N[C@H](C(=O)N[C@@H](CC(C)C)C(=O)N[C@@H](CO)C(=O)NCC(=O)O)C(C)C.O=C(O)C(F)(F)F. The molecule has 0 unspecified atom stereocenters. The molecule has 31 nitrogen and oxygen atoms in total. The summed E-state index contributed by atoms with van der Waals surface area (Å²) in [6, 6.07) is -12.4. The average molecular weight is 1330 g/mol. The van der Waals surface area contributed by atoms with E-state index in [1.807, 2.05) is 0 Å². The number of nitrogens with two attached hydrogens (primary N) is 3. The van der Waals surface area contributed by atoms with Gasteiger partial charge in [0, 0.05) is 12.3 Å². The molecule has 0 spiro atoms. The molecule has 0 aliphatic rings. The van der Waals surface area contributed by atoms with Crippen LogP contribution in [0.1, 0.15) is 129 Å². The van der Waals surface area contributed by atoms with Crippen LogP contribution in [-0.4, -0.2) is 197 Å². The number of hydrogen-bond acceptors (Lipinski definition) is 17. The Balaban J connectivity index is 0. The number of carboxylic acids is 2. The molecule has 35 heteroatoms. The average Bonchev–Trinajstić information content (AvgIpc) is 1.01. The number of aliphatic hydroxyl groups is 1. The Labute approximate surface area is 534 Å². The van der Waals surface area contributed by atoms with Crippen LogP contribution in [0, 0.1) is 41.4 Å². The molecule has 522 valence electrons. The smallest absolute Gasteiger partial charge is 0.480 e. The van der Waals surface area contributed by atoms with Crippen molar-refractivity contribution < 1.29 is 90.8 Å². The molecule has 0 saturated carbocycles. The maximum atomic E-state index is 14.2. The lowest BCUT2D eigenvalue weighted by molar-refractivity contribution is -0.192. The Morgan fingerprint density at radius 2 is 0.835 bits per heavy atom. The highest BCUT2D eigenvalue weighted by molar-refractivity contribution is 7.80. The van der Waals surface area contributed by atoms with Gasteiger partial charge >= 0.3 is 18.1 Å². The standard InChI is InChI=1S/C54H99N15O14S.C2HF3O2/c1-15-30(13)42(52(82)67-39(27(7)8)49(79)62-34(20-25(3)4)47(77)63-35(23-70)45(75)60-22-37(72)73)68-46(76)33(18-17-19-58-54(56)57)61-36(71)21-59-48(78)38(26(5)6)65-53(83)43(31(14)16-2)69-51(81)41(29(11)12)66-50(80)40(28(9)10)64-44(74)32(55)24-84;3-2(4,5)1(6)7/h25-35,38-43,70,84H,15-24,55H2,1-14H3,(H,59,78)(H,60,75)(H,61,71)(H,62,79)(H,63,77)(H,64,74)(H,65,83)(H,66,80)(H,67,82)(H,68,76)(H,69,81)(H,72,73)(H4,56,57,58);(H,6,7)/t30-,31-,32-,33-,34-,35-,38-,39-,40-,41-,42-,43-;/m0./s1. The van der Waals surface area contributed by atoms with E-state index in [4.69, 9.17) is 32.2 Å². The maximum absolute atomic E-state index is 14.2. The van der Waals surface area contributed by atoms with Gasteiger partial charge in [-0.2, -0.15) is 25.8 Å². The fourth-order valence-electron chi connectivity index (χ4n) is 8.12. The highest BCUT2D eigenvalue weighted by Gasteiger charge is 2.40. The van der Waals surface area contributed by atoms with E-state index in [1.165, 1.54) is 0 Å². The second-order valence-electron chi connectivity index (χ2n) is 23.6. The van der Waals surface area contributed by atoms with E-state index in [1.54, 1.807) is 96.9 Å². The van der Waals surface area contributed by atoms with Gasteiger partial charge in [0.2, 0.25) is 65.0 Å². The molecule has 11 amide bonds. The normalized spacial score (nSPS) is 15.3. The number of nitrogens with one attached hydrogen (secondary N) is 11. The van der Waals surface area contributed by atoms with Crippen LogP contribution < -0.4 is 75.7 Å². The van der Waals surface area contributed by atoms with Crippen LogP contribution in [0.3, 0.4) is 0 Å². The number of nitrogens with zero attached hydrogens (tertiary/aromatic N) is 1. The Kier molecular flexibility index (Phi) is 39.9. The zero-order valence-electron chi connectivity index (χ0n) is 54.3. The summed E-state index contributed by atoms with van der Waals surface area (Å²) in [5.74, 6) is -16.2. The van der Waals surface area contributed by atoms with Gasteiger partial charge in [0.15, 0.2) is 5.96 Å². The first kappa shape index (κ1) is 85.5. The van der Waals surface area contributed by atoms with Crippen molar-refractivity contribution in [3.8, 4) is 0 Å². The molecule has 0 aliphatic carbocycles. The van der Waals surface area contributed by atoms with Gasteiger partial charge in [-0.25, -0.2) is 4.79 Å². The number of aliphatic hydroxyl groups excluding tert-OH is 1. The number of carboxylic acid groups (broad SMARTS) is 2. The maximum Gasteiger partial charge on any atom is 0.490 e. The Bertz CT molecular complexity index is 2470. The highest BCUT2D eigenvalue weighted by atomic mass is 32.1. The van der Waals surface area contributed by atoms with E-state index < -0.39 is 199 Å². The van der Waals surface area contributed by atoms with Gasteiger partial charge in [0.25, 0.3) is 0 Å². The number of aliphatic carboxylic acids is 2. The third-order valence-electron chi connectivity index (χ3n) is 13.9. The molecular formula is C56H100F3N15O16S. The molecule has 0 aromatic heterocycles. The van der Waals surface area contributed by atoms with E-state index >= 15 is 0 Å². The lowest BCUT2D eigenvalue weighted by atomic mass is 9.95. The van der Waals surface area contributed by atoms with Crippen molar-refractivity contribution in [2.75, 3.05) is 32.0 Å². The van der Waals surface area contributed by atoms with Gasteiger partial charge in [0.05, 0.1) is 19.2 Å². The number of alkyl halides is 3. The fraction of sp³-hybridized carbons (Fsp3) is 0.750. The van der Waals surface area contributed by atoms with Gasteiger partial charge < -0.3 is 91.0 Å². The Morgan fingerprint density at radius 1 is 0.484 bits per heavy atom. The Morgan fingerprint density at radius 3 is 1.20 bits per heavy atom. The predicted octanol–water partition coefficient (Wildman–Crippen LogP) is -2.63. The van der Waals surface area contributed by atoms with Gasteiger partial charge in [-0.3, -0.25) is 62.5 Å². The summed E-state index contributed by atoms with van der Waals surface area (Å²) in [4.78, 5) is 174. The van der Waals surface area contributed by atoms with E-state index in [9.17, 15) is 75.8 Å². The first-order valence-corrected chi connectivity index (χ1v) is 30.5. The van der Waals surface area contributed by atoms with Crippen LogP contribution in [0.15, 0.2) is 4.99 Å². The quantitative estimate of drug-likeness (QED) is 0.0130. The highest BCUT2D eigenvalue weighted by Crippen LogP contribution is 2.17. The van der Waals surface area contributed by atoms with Gasteiger partial charge in [-0.1, -0.05) is 110 Å². The number of guanidine groups is 1. The minimum Gasteiger partial charge on any atom is -0.480 e. The summed E-state index contributed by atoms with van der Waals surface area (Å²) in [6.07, 6.45) is -4.20. The summed E-state index contributed by atoms with van der Waals surface area (Å²) in [6.45, 7) is 21.5. The molecule has 0 fully saturated rings. The van der Waals surface area contributed by atoms with Crippen LogP contribution in [0.5, 0.6) is 0 Å². The zero-order chi connectivity index (χ0) is 71.0. The van der Waals surface area contributed by atoms with E-state index in [0.717, 1.165) is 0 Å². The molecule has 0 saturated heterocycles. The number of thiol groups is 1. The van der Waals surface area contributed by atoms with Crippen molar-refractivity contribution in [1.82, 2.24) is 58.5 Å². The van der Waals surface area contributed by atoms with Crippen molar-refractivity contribution in [3.63, 3.8) is 0 Å². The molecule has 0 aliphatic heterocycles. The minimum absolute atomic E-state index is 0.0311.